The summed E-state index contributed by atoms with van der Waals surface area (Å²) >= 11 is 0. The van der Waals surface area contributed by atoms with E-state index in [4.69, 9.17) is 0 Å². The fraction of sp³-hybridized carbons (Fsp3) is 0.250. The van der Waals surface area contributed by atoms with Crippen LogP contribution in [0.4, 0.5) is 0 Å². The van der Waals surface area contributed by atoms with Crippen LogP contribution in [0.25, 0.3) is 0 Å². The van der Waals surface area contributed by atoms with E-state index in [2.05, 4.69) is 47.0 Å². The molecule has 1 aromatic heterocycles. The van der Waals surface area contributed by atoms with Crippen molar-refractivity contribution in [3.05, 3.63) is 53.4 Å². The Bertz CT molecular complexity index is 452. The van der Waals surface area contributed by atoms with Gasteiger partial charge in [0.25, 0.3) is 0 Å². The van der Waals surface area contributed by atoms with Gasteiger partial charge in [-0.3, -0.25) is 0 Å². The van der Waals surface area contributed by atoms with Crippen molar-refractivity contribution in [3.63, 3.8) is 0 Å². The average Bonchev–Trinajstić information content (AvgIpc) is 2.24. The highest BCUT2D eigenvalue weighted by molar-refractivity contribution is 5.32. The highest BCUT2D eigenvalue weighted by atomic mass is 15.0. The monoisotopic (exact) mass is 199 g/mol. The van der Waals surface area contributed by atoms with Crippen LogP contribution in [-0.4, -0.2) is 15.0 Å². The summed E-state index contributed by atoms with van der Waals surface area (Å²) in [6.45, 7) is 4.21. The number of aryl methyl sites for hydroxylation is 2. The molecule has 0 saturated carbocycles. The van der Waals surface area contributed by atoms with Crippen molar-refractivity contribution < 1.29 is 0 Å². The zero-order chi connectivity index (χ0) is 10.7. The summed E-state index contributed by atoms with van der Waals surface area (Å²) in [5.74, 6) is 0.817. The van der Waals surface area contributed by atoms with E-state index in [0.29, 0.717) is 0 Å². The zero-order valence-corrected chi connectivity index (χ0v) is 8.94. The molecule has 0 bridgehead atoms. The molecular formula is C12H13N3. The number of aromatic nitrogens is 3. The van der Waals surface area contributed by atoms with Gasteiger partial charge in [-0.25, -0.2) is 15.0 Å². The SMILES string of the molecule is Cc1ccc(Cc2ncncn2)c(C)c1. The molecule has 0 aliphatic rings. The van der Waals surface area contributed by atoms with Crippen LogP contribution in [0.15, 0.2) is 30.9 Å². The fourth-order valence-electron chi connectivity index (χ4n) is 1.57. The third-order valence-corrected chi connectivity index (χ3v) is 2.39. The molecule has 2 aromatic rings. The number of rotatable bonds is 2. The summed E-state index contributed by atoms with van der Waals surface area (Å²) in [4.78, 5) is 12.0. The van der Waals surface area contributed by atoms with Crippen LogP contribution < -0.4 is 0 Å². The van der Waals surface area contributed by atoms with Gasteiger partial charge in [-0.1, -0.05) is 23.8 Å². The molecule has 2 rings (SSSR count). The highest BCUT2D eigenvalue weighted by Crippen LogP contribution is 2.12. The molecule has 0 spiro atoms. The molecule has 15 heavy (non-hydrogen) atoms. The Morgan fingerprint density at radius 3 is 2.47 bits per heavy atom. The standard InChI is InChI=1S/C12H13N3/c1-9-3-4-11(10(2)5-9)6-12-14-7-13-8-15-12/h3-5,7-8H,6H2,1-2H3. The predicted octanol–water partition coefficient (Wildman–Crippen LogP) is 2.08. The van der Waals surface area contributed by atoms with E-state index in [1.54, 1.807) is 0 Å². The van der Waals surface area contributed by atoms with Crippen molar-refractivity contribution >= 4 is 0 Å². The Morgan fingerprint density at radius 1 is 1.07 bits per heavy atom. The Kier molecular flexibility index (Phi) is 2.72. The topological polar surface area (TPSA) is 38.7 Å². The molecule has 0 aliphatic heterocycles. The Labute approximate surface area is 89.2 Å². The third kappa shape index (κ3) is 2.37. The van der Waals surface area contributed by atoms with Crippen molar-refractivity contribution in [3.8, 4) is 0 Å². The number of hydrogen-bond acceptors (Lipinski definition) is 3. The van der Waals surface area contributed by atoms with E-state index >= 15 is 0 Å². The maximum absolute atomic E-state index is 4.12. The second-order valence-electron chi connectivity index (χ2n) is 3.66. The summed E-state index contributed by atoms with van der Waals surface area (Å²) in [6, 6.07) is 6.43. The van der Waals surface area contributed by atoms with Crippen LogP contribution in [0.1, 0.15) is 22.5 Å². The zero-order valence-electron chi connectivity index (χ0n) is 8.94. The minimum absolute atomic E-state index is 0.772. The lowest BCUT2D eigenvalue weighted by Gasteiger charge is -2.05. The average molecular weight is 199 g/mol. The number of benzene rings is 1. The molecule has 0 aliphatic carbocycles. The van der Waals surface area contributed by atoms with Crippen molar-refractivity contribution in [2.24, 2.45) is 0 Å². The van der Waals surface area contributed by atoms with E-state index in [0.717, 1.165) is 12.2 Å². The van der Waals surface area contributed by atoms with Crippen LogP contribution in [0.3, 0.4) is 0 Å². The molecule has 0 fully saturated rings. The van der Waals surface area contributed by atoms with Crippen molar-refractivity contribution in [2.45, 2.75) is 20.3 Å². The summed E-state index contributed by atoms with van der Waals surface area (Å²) in [5.41, 5.74) is 3.84. The quantitative estimate of drug-likeness (QED) is 0.743. The first kappa shape index (κ1) is 9.77. The molecule has 0 atom stereocenters. The second-order valence-corrected chi connectivity index (χ2v) is 3.66. The molecule has 1 aromatic carbocycles. The van der Waals surface area contributed by atoms with Gasteiger partial charge in [0.15, 0.2) is 0 Å². The highest BCUT2D eigenvalue weighted by Gasteiger charge is 2.01. The maximum atomic E-state index is 4.12. The number of nitrogens with zero attached hydrogens (tertiary/aromatic N) is 3. The molecule has 0 radical (unpaired) electrons. The van der Waals surface area contributed by atoms with Crippen LogP contribution >= 0.6 is 0 Å². The lowest BCUT2D eigenvalue weighted by Crippen LogP contribution is -1.98. The van der Waals surface area contributed by atoms with Gasteiger partial charge in [-0.2, -0.15) is 0 Å². The summed E-state index contributed by atoms with van der Waals surface area (Å²) < 4.78 is 0. The largest absolute Gasteiger partial charge is 0.225 e. The van der Waals surface area contributed by atoms with E-state index in [1.165, 1.54) is 29.3 Å². The Morgan fingerprint density at radius 2 is 1.80 bits per heavy atom. The van der Waals surface area contributed by atoms with E-state index in [-0.39, 0.29) is 0 Å². The van der Waals surface area contributed by atoms with Crippen LogP contribution in [0, 0.1) is 13.8 Å². The van der Waals surface area contributed by atoms with Crippen molar-refractivity contribution in [1.82, 2.24) is 15.0 Å². The van der Waals surface area contributed by atoms with Gasteiger partial charge in [-0.05, 0) is 25.0 Å². The second kappa shape index (κ2) is 4.17. The predicted molar refractivity (Wildman–Crippen MR) is 58.5 cm³/mol. The van der Waals surface area contributed by atoms with Gasteiger partial charge in [0, 0.05) is 6.42 Å². The smallest absolute Gasteiger partial charge is 0.136 e. The first-order valence-electron chi connectivity index (χ1n) is 4.93. The molecule has 0 N–H and O–H groups in total. The molecule has 3 nitrogen and oxygen atoms in total. The molecule has 1 heterocycles. The Balaban J connectivity index is 2.25. The maximum Gasteiger partial charge on any atom is 0.136 e. The van der Waals surface area contributed by atoms with Gasteiger partial charge in [-0.15, -0.1) is 0 Å². The van der Waals surface area contributed by atoms with Crippen molar-refractivity contribution in [1.29, 1.82) is 0 Å². The van der Waals surface area contributed by atoms with Gasteiger partial charge in [0.1, 0.15) is 18.5 Å². The Hall–Kier alpha value is -1.77. The van der Waals surface area contributed by atoms with Crippen LogP contribution in [-0.2, 0) is 6.42 Å². The minimum atomic E-state index is 0.772. The van der Waals surface area contributed by atoms with E-state index in [9.17, 15) is 0 Å². The van der Waals surface area contributed by atoms with E-state index in [1.807, 2.05) is 0 Å². The van der Waals surface area contributed by atoms with E-state index < -0.39 is 0 Å². The fourth-order valence-corrected chi connectivity index (χ4v) is 1.57. The first-order valence-corrected chi connectivity index (χ1v) is 4.93. The molecule has 76 valence electrons. The molecule has 0 amide bonds. The summed E-state index contributed by atoms with van der Waals surface area (Å²) in [5, 5.41) is 0. The lowest BCUT2D eigenvalue weighted by molar-refractivity contribution is 0.913. The first-order chi connectivity index (χ1) is 7.25. The summed E-state index contributed by atoms with van der Waals surface area (Å²) in [6.07, 6.45) is 3.84. The van der Waals surface area contributed by atoms with Gasteiger partial charge in [0.05, 0.1) is 0 Å². The summed E-state index contributed by atoms with van der Waals surface area (Å²) in [7, 11) is 0. The normalized spacial score (nSPS) is 10.3. The van der Waals surface area contributed by atoms with Gasteiger partial charge >= 0.3 is 0 Å². The molecular weight excluding hydrogens is 186 g/mol. The van der Waals surface area contributed by atoms with Crippen molar-refractivity contribution in [2.75, 3.05) is 0 Å². The molecule has 0 saturated heterocycles. The molecule has 3 heteroatoms. The van der Waals surface area contributed by atoms with Crippen LogP contribution in [0.2, 0.25) is 0 Å². The van der Waals surface area contributed by atoms with Crippen LogP contribution in [0.5, 0.6) is 0 Å². The minimum Gasteiger partial charge on any atom is -0.225 e. The molecule has 0 unspecified atom stereocenters. The lowest BCUT2D eigenvalue weighted by atomic mass is 10.0. The third-order valence-electron chi connectivity index (χ3n) is 2.39. The van der Waals surface area contributed by atoms with Gasteiger partial charge in [0.2, 0.25) is 0 Å². The van der Waals surface area contributed by atoms with Gasteiger partial charge < -0.3 is 0 Å². The number of hydrogen-bond donors (Lipinski definition) is 0.